The van der Waals surface area contributed by atoms with Crippen LogP contribution in [0.15, 0.2) is 65.7 Å². The Morgan fingerprint density at radius 1 is 1.09 bits per heavy atom. The van der Waals surface area contributed by atoms with Crippen LogP contribution in [0.5, 0.6) is 0 Å². The first-order chi connectivity index (χ1) is 20.7. The summed E-state index contributed by atoms with van der Waals surface area (Å²) >= 11 is 0. The first-order valence-corrected chi connectivity index (χ1v) is 14.9. The average Bonchev–Trinajstić information content (AvgIpc) is 3.31. The molecule has 0 bridgehead atoms. The summed E-state index contributed by atoms with van der Waals surface area (Å²) in [4.78, 5) is 45.9. The van der Waals surface area contributed by atoms with Gasteiger partial charge in [-0.1, -0.05) is 80.4 Å². The largest absolute Gasteiger partial charge is 0.453 e. The van der Waals surface area contributed by atoms with Crippen molar-refractivity contribution in [1.29, 1.82) is 0 Å². The van der Waals surface area contributed by atoms with E-state index in [2.05, 4.69) is 27.9 Å². The van der Waals surface area contributed by atoms with Crippen molar-refractivity contribution in [3.05, 3.63) is 71.8 Å². The molecular weight excluding hydrogens is 544 g/mol. The topological polar surface area (TPSA) is 138 Å². The van der Waals surface area contributed by atoms with Crippen LogP contribution in [0.3, 0.4) is 0 Å². The van der Waals surface area contributed by atoms with E-state index in [4.69, 9.17) is 15.5 Å². The summed E-state index contributed by atoms with van der Waals surface area (Å²) in [6.45, 7) is 4.35. The number of fused-ring (bicyclic) bond motifs is 1. The molecule has 1 heterocycles. The van der Waals surface area contributed by atoms with Gasteiger partial charge >= 0.3 is 6.09 Å². The number of methoxy groups -OCH3 is 1. The second-order valence-electron chi connectivity index (χ2n) is 11.8. The van der Waals surface area contributed by atoms with Gasteiger partial charge in [-0.3, -0.25) is 14.5 Å². The van der Waals surface area contributed by atoms with Gasteiger partial charge in [0.15, 0.2) is 0 Å². The fraction of sp³-hybridized carbons (Fsp3) is 0.455. The molecule has 0 saturated heterocycles. The Morgan fingerprint density at radius 3 is 2.35 bits per heavy atom. The van der Waals surface area contributed by atoms with Crippen LogP contribution >= 0.6 is 0 Å². The number of nitrogens with two attached hydrogens (primary N) is 1. The van der Waals surface area contributed by atoms with Crippen molar-refractivity contribution in [2.75, 3.05) is 13.7 Å². The average molecular weight is 585 g/mol. The number of guanidine groups is 1. The van der Waals surface area contributed by atoms with Gasteiger partial charge in [0, 0.05) is 30.5 Å². The van der Waals surface area contributed by atoms with Gasteiger partial charge in [-0.15, -0.1) is 0 Å². The van der Waals surface area contributed by atoms with Crippen LogP contribution < -0.4 is 21.7 Å². The predicted molar refractivity (Wildman–Crippen MR) is 163 cm³/mol. The van der Waals surface area contributed by atoms with E-state index >= 15 is 0 Å². The quantitative estimate of drug-likeness (QED) is 0.182. The molecular formula is C33H40N6O4. The number of nitrogens with zero attached hydrogens (tertiary/aromatic N) is 2. The molecule has 0 radical (unpaired) electrons. The highest BCUT2D eigenvalue weighted by molar-refractivity contribution is 6.08. The third kappa shape index (κ3) is 5.76. The zero-order chi connectivity index (χ0) is 30.6. The first-order valence-electron chi connectivity index (χ1n) is 14.9. The van der Waals surface area contributed by atoms with E-state index in [1.807, 2.05) is 74.5 Å². The van der Waals surface area contributed by atoms with Crippen molar-refractivity contribution in [3.8, 4) is 12.0 Å². The number of ether oxygens (including phenoxy) is 1. The number of alkyl carbamates (subject to hydrolysis) is 1. The number of amides is 3. The van der Waals surface area contributed by atoms with E-state index in [0.717, 1.165) is 18.4 Å². The molecule has 4 atom stereocenters. The van der Waals surface area contributed by atoms with Crippen LogP contribution in [-0.4, -0.2) is 54.0 Å². The highest BCUT2D eigenvalue weighted by Gasteiger charge is 2.75. The van der Waals surface area contributed by atoms with Gasteiger partial charge in [0.25, 0.3) is 5.91 Å². The fourth-order valence-electron chi connectivity index (χ4n) is 6.60. The molecule has 0 spiro atoms. The van der Waals surface area contributed by atoms with Crippen LogP contribution in [0.1, 0.15) is 50.7 Å². The fourth-order valence-corrected chi connectivity index (χ4v) is 6.60. The minimum atomic E-state index is -1.42. The van der Waals surface area contributed by atoms with E-state index in [1.54, 1.807) is 4.90 Å². The highest BCUT2D eigenvalue weighted by Crippen LogP contribution is 2.69. The van der Waals surface area contributed by atoms with Crippen molar-refractivity contribution in [2.45, 2.75) is 63.2 Å². The molecule has 3 aliphatic rings. The summed E-state index contributed by atoms with van der Waals surface area (Å²) in [7, 11) is 1.27. The lowest BCUT2D eigenvalue weighted by Gasteiger charge is -2.32. The zero-order valence-electron chi connectivity index (χ0n) is 24.9. The molecule has 1 aliphatic heterocycles. The number of aliphatic imine (C=N–C) groups is 1. The number of rotatable bonds is 11. The lowest BCUT2D eigenvalue weighted by molar-refractivity contribution is -0.135. The Morgan fingerprint density at radius 2 is 1.74 bits per heavy atom. The third-order valence-corrected chi connectivity index (χ3v) is 8.82. The maximum absolute atomic E-state index is 14.3. The molecule has 10 nitrogen and oxygen atoms in total. The molecule has 0 aromatic heterocycles. The highest BCUT2D eigenvalue weighted by atomic mass is 16.5. The molecule has 2 saturated carbocycles. The van der Waals surface area contributed by atoms with Crippen LogP contribution in [0.25, 0.3) is 0 Å². The van der Waals surface area contributed by atoms with Crippen LogP contribution in [0.4, 0.5) is 4.79 Å². The number of benzene rings is 2. The van der Waals surface area contributed by atoms with Crippen molar-refractivity contribution in [3.63, 3.8) is 0 Å². The number of carbonyl (C=O) groups excluding carboxylic acids is 3. The van der Waals surface area contributed by atoms with E-state index in [9.17, 15) is 14.4 Å². The summed E-state index contributed by atoms with van der Waals surface area (Å²) in [5, 5.41) is 8.72. The number of carbonyl (C=O) groups is 3. The second kappa shape index (κ2) is 12.4. The smallest absolute Gasteiger partial charge is 0.407 e. The van der Waals surface area contributed by atoms with Gasteiger partial charge in [0.2, 0.25) is 17.5 Å². The Labute approximate surface area is 252 Å². The Bertz CT molecular complexity index is 1420. The molecule has 5 rings (SSSR count). The number of hydrogen-bond acceptors (Lipinski definition) is 7. The van der Waals surface area contributed by atoms with Crippen LogP contribution in [0.2, 0.25) is 0 Å². The maximum atomic E-state index is 14.3. The van der Waals surface area contributed by atoms with Gasteiger partial charge in [-0.25, -0.2) is 9.79 Å². The lowest BCUT2D eigenvalue weighted by atomic mass is 9.97. The van der Waals surface area contributed by atoms with Gasteiger partial charge < -0.3 is 26.4 Å². The SMILES string of the molecule is COC(=O)N[C@@H](Cc1ccccc1)C(=O)NCCCC1(N2C(=O)[C@@](NC#CC(C)C)(c3ccccc3)N=C2N)C2CCC21. The molecule has 2 aromatic rings. The molecule has 2 aliphatic carbocycles. The number of nitrogens with one attached hydrogen (secondary N) is 3. The normalized spacial score (nSPS) is 25.8. The Hall–Kier alpha value is -4.52. The van der Waals surface area contributed by atoms with E-state index in [1.165, 1.54) is 7.11 Å². The first kappa shape index (κ1) is 30.0. The second-order valence-corrected chi connectivity index (χ2v) is 11.8. The standard InChI is InChI=1S/C33H40N6O4/c1-22(2)17-20-36-33(24-13-8-5-9-14-24)29(41)39(30(34)38-33)32(25-15-16-26(25)32)18-10-19-35-28(40)27(37-31(42)43-3)21-23-11-6-4-7-12-23/h4-9,11-14,22,25-27,36H,10,15-16,18-19,21H2,1-3H3,(H2,34,38)(H,35,40)(H,37,42)/t25?,26?,27-,32?,33+/m0/s1. The van der Waals surface area contributed by atoms with Crippen molar-refractivity contribution < 1.29 is 19.1 Å². The minimum absolute atomic E-state index is 0.116. The van der Waals surface area contributed by atoms with Crippen molar-refractivity contribution >= 4 is 23.9 Å². The van der Waals surface area contributed by atoms with E-state index in [0.29, 0.717) is 43.2 Å². The minimum Gasteiger partial charge on any atom is -0.453 e. The summed E-state index contributed by atoms with van der Waals surface area (Å²) in [6, 6.07) is 21.0. The predicted octanol–water partition coefficient (Wildman–Crippen LogP) is 2.85. The van der Waals surface area contributed by atoms with Gasteiger partial charge in [0.05, 0.1) is 12.6 Å². The molecule has 10 heteroatoms. The molecule has 43 heavy (non-hydrogen) atoms. The third-order valence-electron chi connectivity index (χ3n) is 8.82. The summed E-state index contributed by atoms with van der Waals surface area (Å²) in [6.07, 6.45) is 3.01. The van der Waals surface area contributed by atoms with E-state index in [-0.39, 0.29) is 23.7 Å². The molecule has 2 aromatic carbocycles. The summed E-state index contributed by atoms with van der Waals surface area (Å²) in [5.41, 5.74) is 6.31. The zero-order valence-corrected chi connectivity index (χ0v) is 24.9. The monoisotopic (exact) mass is 584 g/mol. The molecule has 226 valence electrons. The van der Waals surface area contributed by atoms with Gasteiger partial charge in [0.1, 0.15) is 6.04 Å². The Balaban J connectivity index is 1.28. The molecule has 3 amide bonds. The maximum Gasteiger partial charge on any atom is 0.407 e. The van der Waals surface area contributed by atoms with Gasteiger partial charge in [-0.05, 0) is 43.1 Å². The van der Waals surface area contributed by atoms with Crippen molar-refractivity contribution in [2.24, 2.45) is 28.5 Å². The molecule has 2 unspecified atom stereocenters. The lowest BCUT2D eigenvalue weighted by Crippen LogP contribution is -2.54. The van der Waals surface area contributed by atoms with Gasteiger partial charge in [-0.2, -0.15) is 0 Å². The molecule has 2 fully saturated rings. The van der Waals surface area contributed by atoms with Crippen LogP contribution in [-0.2, 0) is 26.4 Å². The number of hydrogen-bond donors (Lipinski definition) is 4. The van der Waals surface area contributed by atoms with E-state index < -0.39 is 23.3 Å². The van der Waals surface area contributed by atoms with Crippen molar-refractivity contribution in [1.82, 2.24) is 20.9 Å². The summed E-state index contributed by atoms with van der Waals surface area (Å²) < 4.78 is 4.74. The van der Waals surface area contributed by atoms with Crippen LogP contribution in [0, 0.1) is 29.7 Å². The Kier molecular flexibility index (Phi) is 8.62. The molecule has 5 N–H and O–H groups in total. The summed E-state index contributed by atoms with van der Waals surface area (Å²) in [5.74, 6) is 3.56.